The highest BCUT2D eigenvalue weighted by Gasteiger charge is 2.42. The third-order valence-electron chi connectivity index (χ3n) is 8.23. The Hall–Kier alpha value is -0.899. The summed E-state index contributed by atoms with van der Waals surface area (Å²) in [7, 11) is -4.24. The highest BCUT2D eigenvalue weighted by Crippen LogP contribution is 2.36. The van der Waals surface area contributed by atoms with Crippen LogP contribution in [0.15, 0.2) is 12.3 Å². The lowest BCUT2D eigenvalue weighted by Crippen LogP contribution is -2.54. The van der Waals surface area contributed by atoms with E-state index < -0.39 is 36.2 Å². The molecule has 8 nitrogen and oxygen atoms in total. The second-order valence-corrected chi connectivity index (χ2v) is 32.0. The Balaban J connectivity index is 2.01. The van der Waals surface area contributed by atoms with Crippen LogP contribution in [0.25, 0.3) is 0 Å². The van der Waals surface area contributed by atoms with Gasteiger partial charge in [-0.05, 0) is 49.6 Å². The summed E-state index contributed by atoms with van der Waals surface area (Å²) in [6.07, 6.45) is 1.81. The van der Waals surface area contributed by atoms with Gasteiger partial charge in [0.1, 0.15) is 19.3 Å². The van der Waals surface area contributed by atoms with E-state index in [0.717, 1.165) is 17.9 Å². The van der Waals surface area contributed by atoms with E-state index in [1.54, 1.807) is 13.1 Å². The summed E-state index contributed by atoms with van der Waals surface area (Å²) in [6, 6.07) is 4.07. The first-order valence-electron chi connectivity index (χ1n) is 15.6. The summed E-state index contributed by atoms with van der Waals surface area (Å²) in [5.74, 6) is 1.24. The van der Waals surface area contributed by atoms with Gasteiger partial charge in [0.2, 0.25) is 5.95 Å². The Morgan fingerprint density at radius 2 is 1.52 bits per heavy atom. The largest absolute Gasteiger partial charge is 0.414 e. The van der Waals surface area contributed by atoms with Crippen molar-refractivity contribution in [2.75, 3.05) is 62.8 Å². The van der Waals surface area contributed by atoms with E-state index in [9.17, 15) is 0 Å². The minimum Gasteiger partial charge on any atom is -0.414 e. The molecule has 12 heteroatoms. The summed E-state index contributed by atoms with van der Waals surface area (Å²) < 4.78 is 40.3. The molecule has 1 fully saturated rings. The molecule has 2 heterocycles. The Morgan fingerprint density at radius 1 is 0.952 bits per heavy atom. The van der Waals surface area contributed by atoms with Crippen LogP contribution in [-0.2, 0) is 18.6 Å². The average Bonchev–Trinajstić information content (AvgIpc) is 2.84. The zero-order valence-electron chi connectivity index (χ0n) is 28.8. The minimum absolute atomic E-state index is 0.136. The zero-order valence-corrected chi connectivity index (χ0v) is 31.8. The number of nitrogens with zero attached hydrogens (tertiary/aromatic N) is 4. The third-order valence-corrected chi connectivity index (χ3v) is 16.2. The summed E-state index contributed by atoms with van der Waals surface area (Å²) in [5, 5.41) is 0.136. The van der Waals surface area contributed by atoms with Crippen LogP contribution in [0.3, 0.4) is 0 Å². The van der Waals surface area contributed by atoms with Crippen molar-refractivity contribution in [3.63, 3.8) is 0 Å². The van der Waals surface area contributed by atoms with Gasteiger partial charge in [-0.1, -0.05) is 60.1 Å². The highest BCUT2D eigenvalue weighted by atomic mass is 28.4. The van der Waals surface area contributed by atoms with Crippen LogP contribution in [0.1, 0.15) is 34.1 Å². The Bertz CT molecular complexity index is 930. The van der Waals surface area contributed by atoms with Crippen molar-refractivity contribution in [1.82, 2.24) is 9.97 Å². The number of alkyl halides is 1. The molecule has 2 atom stereocenters. The van der Waals surface area contributed by atoms with E-state index in [1.165, 1.54) is 0 Å². The number of halogens is 1. The first-order chi connectivity index (χ1) is 19.2. The maximum atomic E-state index is 15.9. The highest BCUT2D eigenvalue weighted by molar-refractivity contribution is 6.76. The summed E-state index contributed by atoms with van der Waals surface area (Å²) in [5.41, 5.74) is -1.53. The smallest absolute Gasteiger partial charge is 0.227 e. The quantitative estimate of drug-likeness (QED) is 0.0998. The van der Waals surface area contributed by atoms with Crippen molar-refractivity contribution in [3.8, 4) is 0 Å². The van der Waals surface area contributed by atoms with E-state index in [2.05, 4.69) is 78.1 Å². The molecule has 0 unspecified atom stereocenters. The molecule has 0 spiro atoms. The fourth-order valence-corrected chi connectivity index (χ4v) is 6.74. The van der Waals surface area contributed by atoms with Crippen molar-refractivity contribution >= 4 is 36.2 Å². The molecule has 1 aliphatic heterocycles. The molecule has 0 aliphatic carbocycles. The van der Waals surface area contributed by atoms with Crippen LogP contribution in [0.5, 0.6) is 0 Å². The minimum atomic E-state index is -1.85. The molecule has 1 saturated heterocycles. The molecule has 1 aliphatic rings. The second kappa shape index (κ2) is 15.4. The number of anilines is 2. The predicted octanol–water partition coefficient (Wildman–Crippen LogP) is 7.25. The lowest BCUT2D eigenvalue weighted by atomic mass is 9.93. The number of hydrogen-bond donors (Lipinski definition) is 0. The molecule has 0 amide bonds. The maximum Gasteiger partial charge on any atom is 0.227 e. The van der Waals surface area contributed by atoms with Crippen molar-refractivity contribution in [3.05, 3.63) is 12.3 Å². The van der Waals surface area contributed by atoms with Gasteiger partial charge in [0, 0.05) is 42.1 Å². The van der Waals surface area contributed by atoms with Gasteiger partial charge in [-0.2, -0.15) is 4.98 Å². The van der Waals surface area contributed by atoms with Crippen molar-refractivity contribution in [1.29, 1.82) is 0 Å². The van der Waals surface area contributed by atoms with Gasteiger partial charge in [-0.25, -0.2) is 9.37 Å². The molecule has 0 aromatic carbocycles. The molecule has 1 aromatic rings. The fraction of sp³-hybridized carbons (Fsp3) is 0.867. The molecular formula is C30H61FN4O4Si3. The first-order valence-corrected chi connectivity index (χ1v) is 26.0. The van der Waals surface area contributed by atoms with Crippen molar-refractivity contribution in [2.24, 2.45) is 0 Å². The van der Waals surface area contributed by atoms with E-state index in [1.807, 2.05) is 15.9 Å². The summed E-state index contributed by atoms with van der Waals surface area (Å²) in [4.78, 5) is 13.3. The zero-order chi connectivity index (χ0) is 31.8. The number of ether oxygens (including phenoxy) is 3. The standard InChI is InChI=1S/C30H61FN4O4Si3/c1-29(2,3)42(11,12)39-18-17-38-26-14-16-34(23-30(26,4)31)28-32-15-13-27(33-28)35(24-36-19-21-40(5,6)7)25-37-20-22-41(8,9)10/h13,15,26H,14,16-25H2,1-12H3/t26-,30+/m1/s1. The number of aromatic nitrogens is 2. The van der Waals surface area contributed by atoms with E-state index in [0.29, 0.717) is 58.8 Å². The SMILES string of the molecule is CC(C)(C)[Si](C)(C)OCCO[C@@H]1CCN(c2nccc(N(COCC[Si](C)(C)C)COCC[Si](C)(C)C)n2)C[C@]1(C)F. The van der Waals surface area contributed by atoms with Crippen LogP contribution in [0.4, 0.5) is 16.2 Å². The molecule has 0 saturated carbocycles. The summed E-state index contributed by atoms with van der Waals surface area (Å²) >= 11 is 0. The van der Waals surface area contributed by atoms with Gasteiger partial charge >= 0.3 is 0 Å². The topological polar surface area (TPSA) is 69.2 Å². The van der Waals surface area contributed by atoms with Gasteiger partial charge in [0.05, 0.1) is 25.9 Å². The number of rotatable bonds is 17. The van der Waals surface area contributed by atoms with Gasteiger partial charge in [0.15, 0.2) is 14.0 Å². The van der Waals surface area contributed by atoms with Gasteiger partial charge in [-0.15, -0.1) is 0 Å². The molecule has 0 bridgehead atoms. The fourth-order valence-electron chi connectivity index (χ4n) is 4.20. The van der Waals surface area contributed by atoms with Crippen molar-refractivity contribution < 1.29 is 23.0 Å². The molecule has 244 valence electrons. The van der Waals surface area contributed by atoms with Gasteiger partial charge in [0.25, 0.3) is 0 Å². The summed E-state index contributed by atoms with van der Waals surface area (Å²) in [6.45, 7) is 30.7. The Labute approximate surface area is 259 Å². The predicted molar refractivity (Wildman–Crippen MR) is 182 cm³/mol. The van der Waals surface area contributed by atoms with Crippen LogP contribution < -0.4 is 9.80 Å². The van der Waals surface area contributed by atoms with Crippen molar-refractivity contribution in [2.45, 2.75) is 115 Å². The average molecular weight is 645 g/mol. The third kappa shape index (κ3) is 13.0. The van der Waals surface area contributed by atoms with E-state index in [-0.39, 0.29) is 11.6 Å². The Morgan fingerprint density at radius 3 is 2.02 bits per heavy atom. The number of hydrogen-bond acceptors (Lipinski definition) is 8. The van der Waals surface area contributed by atoms with Crippen LogP contribution >= 0.6 is 0 Å². The van der Waals surface area contributed by atoms with Crippen LogP contribution in [0, 0.1) is 0 Å². The van der Waals surface area contributed by atoms with Gasteiger partial charge < -0.3 is 28.4 Å². The molecular weight excluding hydrogens is 584 g/mol. The lowest BCUT2D eigenvalue weighted by Gasteiger charge is -2.41. The second-order valence-electron chi connectivity index (χ2n) is 15.9. The molecule has 0 N–H and O–H groups in total. The first kappa shape index (κ1) is 37.3. The van der Waals surface area contributed by atoms with Crippen LogP contribution in [0.2, 0.25) is 69.5 Å². The molecule has 0 radical (unpaired) electrons. The maximum absolute atomic E-state index is 15.9. The normalized spacial score (nSPS) is 20.7. The molecule has 1 aromatic heterocycles. The van der Waals surface area contributed by atoms with Crippen LogP contribution in [-0.4, -0.2) is 99.2 Å². The Kier molecular flexibility index (Phi) is 13.7. The molecule has 2 rings (SSSR count). The number of piperidine rings is 1. The monoisotopic (exact) mass is 644 g/mol. The lowest BCUT2D eigenvalue weighted by molar-refractivity contribution is -0.0692. The van der Waals surface area contributed by atoms with Gasteiger partial charge in [-0.3, -0.25) is 0 Å². The molecule has 42 heavy (non-hydrogen) atoms. The van der Waals surface area contributed by atoms with E-state index in [4.69, 9.17) is 23.6 Å². The van der Waals surface area contributed by atoms with E-state index >= 15 is 4.39 Å².